The highest BCUT2D eigenvalue weighted by Gasteiger charge is 2.38. The Labute approximate surface area is 156 Å². The number of aryl methyl sites for hydroxylation is 2. The Morgan fingerprint density at radius 1 is 1.15 bits per heavy atom. The minimum atomic E-state index is -4.86. The molecule has 1 fully saturated rings. The summed E-state index contributed by atoms with van der Waals surface area (Å²) in [5, 5.41) is 1.91. The summed E-state index contributed by atoms with van der Waals surface area (Å²) >= 11 is 0. The molecular formula is C19H25F3N2O3. The smallest absolute Gasteiger partial charge is 0.471 e. The van der Waals surface area contributed by atoms with Gasteiger partial charge in [-0.15, -0.1) is 0 Å². The molecular weight excluding hydrogens is 361 g/mol. The van der Waals surface area contributed by atoms with Gasteiger partial charge in [-0.05, 0) is 56.2 Å². The standard InChI is InChI=1S/C19H25F3N2O3/c1-12-4-5-13(2)17(14(12)3)27-11-16(25)24-8-6-15(7-9-24)10-23-18(26)19(20,21)22/h4-5,15H,6-11H2,1-3H3,(H,23,26). The van der Waals surface area contributed by atoms with Crippen molar-refractivity contribution < 1.29 is 27.5 Å². The number of piperidine rings is 1. The van der Waals surface area contributed by atoms with Crippen LogP contribution in [0.3, 0.4) is 0 Å². The van der Waals surface area contributed by atoms with Gasteiger partial charge in [-0.25, -0.2) is 0 Å². The summed E-state index contributed by atoms with van der Waals surface area (Å²) in [6, 6.07) is 3.95. The lowest BCUT2D eigenvalue weighted by molar-refractivity contribution is -0.173. The third kappa shape index (κ3) is 5.61. The SMILES string of the molecule is Cc1ccc(C)c(OCC(=O)N2CCC(CNC(=O)C(F)(F)F)CC2)c1C. The fourth-order valence-corrected chi connectivity index (χ4v) is 3.10. The first-order valence-electron chi connectivity index (χ1n) is 8.92. The highest BCUT2D eigenvalue weighted by Crippen LogP contribution is 2.26. The number of carbonyl (C=O) groups is 2. The van der Waals surface area contributed by atoms with Crippen molar-refractivity contribution in [2.45, 2.75) is 39.8 Å². The van der Waals surface area contributed by atoms with Crippen LogP contribution in [0.15, 0.2) is 12.1 Å². The van der Waals surface area contributed by atoms with Gasteiger partial charge in [0.05, 0.1) is 0 Å². The quantitative estimate of drug-likeness (QED) is 0.847. The molecule has 0 saturated carbocycles. The zero-order valence-electron chi connectivity index (χ0n) is 15.8. The van der Waals surface area contributed by atoms with E-state index < -0.39 is 12.1 Å². The number of likely N-dealkylation sites (tertiary alicyclic amines) is 1. The molecule has 0 aliphatic carbocycles. The van der Waals surface area contributed by atoms with Crippen LogP contribution in [0, 0.1) is 26.7 Å². The summed E-state index contributed by atoms with van der Waals surface area (Å²) < 4.78 is 42.3. The number of hydrogen-bond donors (Lipinski definition) is 1. The largest absolute Gasteiger partial charge is 0.483 e. The van der Waals surface area contributed by atoms with Crippen LogP contribution in [0.25, 0.3) is 0 Å². The number of nitrogens with one attached hydrogen (secondary N) is 1. The van der Waals surface area contributed by atoms with Crippen LogP contribution in [0.1, 0.15) is 29.5 Å². The molecule has 1 saturated heterocycles. The van der Waals surface area contributed by atoms with Gasteiger partial charge < -0.3 is 15.0 Å². The number of nitrogens with zero attached hydrogens (tertiary/aromatic N) is 1. The molecule has 150 valence electrons. The average molecular weight is 386 g/mol. The number of rotatable bonds is 5. The Morgan fingerprint density at radius 2 is 1.74 bits per heavy atom. The summed E-state index contributed by atoms with van der Waals surface area (Å²) in [6.45, 7) is 6.64. The summed E-state index contributed by atoms with van der Waals surface area (Å²) in [5.41, 5.74) is 3.05. The van der Waals surface area contributed by atoms with Crippen LogP contribution >= 0.6 is 0 Å². The van der Waals surface area contributed by atoms with Crippen molar-refractivity contribution in [1.82, 2.24) is 10.2 Å². The van der Waals surface area contributed by atoms with E-state index in [2.05, 4.69) is 0 Å². The molecule has 1 aliphatic heterocycles. The van der Waals surface area contributed by atoms with Gasteiger partial charge in [-0.3, -0.25) is 9.59 Å². The number of hydrogen-bond acceptors (Lipinski definition) is 3. The van der Waals surface area contributed by atoms with Crippen molar-refractivity contribution in [2.24, 2.45) is 5.92 Å². The van der Waals surface area contributed by atoms with Gasteiger partial charge in [0.25, 0.3) is 5.91 Å². The molecule has 0 radical (unpaired) electrons. The second-order valence-electron chi connectivity index (χ2n) is 6.97. The van der Waals surface area contributed by atoms with E-state index >= 15 is 0 Å². The van der Waals surface area contributed by atoms with Crippen molar-refractivity contribution in [3.05, 3.63) is 28.8 Å². The van der Waals surface area contributed by atoms with Gasteiger partial charge in [0.2, 0.25) is 0 Å². The normalized spacial score (nSPS) is 15.6. The molecule has 1 aromatic carbocycles. The number of amides is 2. The Kier molecular flexibility index (Phi) is 6.73. The first kappa shape index (κ1) is 21.1. The molecule has 1 N–H and O–H groups in total. The lowest BCUT2D eigenvalue weighted by atomic mass is 9.96. The van der Waals surface area contributed by atoms with E-state index in [1.54, 1.807) is 4.90 Å². The third-order valence-electron chi connectivity index (χ3n) is 4.99. The van der Waals surface area contributed by atoms with Crippen LogP contribution in [0.4, 0.5) is 13.2 Å². The maximum atomic E-state index is 12.4. The molecule has 5 nitrogen and oxygen atoms in total. The first-order valence-corrected chi connectivity index (χ1v) is 8.92. The molecule has 0 unspecified atom stereocenters. The maximum absolute atomic E-state index is 12.4. The second-order valence-corrected chi connectivity index (χ2v) is 6.97. The molecule has 0 spiro atoms. The van der Waals surface area contributed by atoms with Crippen molar-refractivity contribution in [3.63, 3.8) is 0 Å². The zero-order chi connectivity index (χ0) is 20.2. The van der Waals surface area contributed by atoms with E-state index in [-0.39, 0.29) is 25.0 Å². The maximum Gasteiger partial charge on any atom is 0.471 e. The highest BCUT2D eigenvalue weighted by atomic mass is 19.4. The molecule has 8 heteroatoms. The lowest BCUT2D eigenvalue weighted by Gasteiger charge is -2.32. The molecule has 1 aromatic rings. The van der Waals surface area contributed by atoms with Crippen LogP contribution < -0.4 is 10.1 Å². The minimum Gasteiger partial charge on any atom is -0.483 e. The fraction of sp³-hybridized carbons (Fsp3) is 0.579. The summed E-state index contributed by atoms with van der Waals surface area (Å²) in [4.78, 5) is 24.9. The van der Waals surface area contributed by atoms with E-state index in [0.29, 0.717) is 31.7 Å². The molecule has 0 aromatic heterocycles. The van der Waals surface area contributed by atoms with E-state index in [1.165, 1.54) is 0 Å². The topological polar surface area (TPSA) is 58.6 Å². The number of halogens is 3. The average Bonchev–Trinajstić information content (AvgIpc) is 2.62. The van der Waals surface area contributed by atoms with Crippen LogP contribution in [-0.4, -0.2) is 49.1 Å². The van der Waals surface area contributed by atoms with Gasteiger partial charge in [-0.2, -0.15) is 13.2 Å². The van der Waals surface area contributed by atoms with Gasteiger partial charge in [0.1, 0.15) is 5.75 Å². The molecule has 2 amide bonds. The molecule has 0 bridgehead atoms. The van der Waals surface area contributed by atoms with Gasteiger partial charge in [0.15, 0.2) is 6.61 Å². The number of ether oxygens (including phenoxy) is 1. The van der Waals surface area contributed by atoms with E-state index in [4.69, 9.17) is 4.74 Å². The summed E-state index contributed by atoms with van der Waals surface area (Å²) in [6.07, 6.45) is -3.77. The fourth-order valence-electron chi connectivity index (χ4n) is 3.10. The summed E-state index contributed by atoms with van der Waals surface area (Å²) in [7, 11) is 0. The van der Waals surface area contributed by atoms with E-state index in [0.717, 1.165) is 16.7 Å². The highest BCUT2D eigenvalue weighted by molar-refractivity contribution is 5.81. The van der Waals surface area contributed by atoms with Crippen LogP contribution in [-0.2, 0) is 9.59 Å². The molecule has 0 atom stereocenters. The van der Waals surface area contributed by atoms with Crippen LogP contribution in [0.5, 0.6) is 5.75 Å². The van der Waals surface area contributed by atoms with Crippen molar-refractivity contribution in [3.8, 4) is 5.75 Å². The van der Waals surface area contributed by atoms with Gasteiger partial charge in [-0.1, -0.05) is 12.1 Å². The van der Waals surface area contributed by atoms with Gasteiger partial charge in [0, 0.05) is 19.6 Å². The Balaban J connectivity index is 1.79. The van der Waals surface area contributed by atoms with Crippen molar-refractivity contribution in [1.29, 1.82) is 0 Å². The number of carbonyl (C=O) groups excluding carboxylic acids is 2. The molecule has 27 heavy (non-hydrogen) atoms. The monoisotopic (exact) mass is 386 g/mol. The zero-order valence-corrected chi connectivity index (χ0v) is 15.8. The van der Waals surface area contributed by atoms with Crippen LogP contribution in [0.2, 0.25) is 0 Å². The van der Waals surface area contributed by atoms with Crippen molar-refractivity contribution >= 4 is 11.8 Å². The Bertz CT molecular complexity index is 696. The van der Waals surface area contributed by atoms with E-state index in [9.17, 15) is 22.8 Å². The minimum absolute atomic E-state index is 0.0292. The molecule has 1 heterocycles. The molecule has 2 rings (SSSR count). The Morgan fingerprint density at radius 3 is 2.33 bits per heavy atom. The first-order chi connectivity index (χ1) is 12.6. The molecule has 1 aliphatic rings. The number of benzene rings is 1. The third-order valence-corrected chi connectivity index (χ3v) is 4.99. The number of alkyl halides is 3. The van der Waals surface area contributed by atoms with E-state index in [1.807, 2.05) is 38.2 Å². The van der Waals surface area contributed by atoms with Gasteiger partial charge >= 0.3 is 12.1 Å². The lowest BCUT2D eigenvalue weighted by Crippen LogP contribution is -2.45. The summed E-state index contributed by atoms with van der Waals surface area (Å²) in [5.74, 6) is -1.41. The van der Waals surface area contributed by atoms with Crippen molar-refractivity contribution in [2.75, 3.05) is 26.2 Å². The second kappa shape index (κ2) is 8.63. The predicted molar refractivity (Wildman–Crippen MR) is 94.5 cm³/mol. The Hall–Kier alpha value is -2.25. The predicted octanol–water partition coefficient (Wildman–Crippen LogP) is 2.91.